The second-order valence-electron chi connectivity index (χ2n) is 14.1. The summed E-state index contributed by atoms with van der Waals surface area (Å²) in [6.07, 6.45) is 12.9. The Bertz CT molecular complexity index is 774. The highest BCUT2D eigenvalue weighted by molar-refractivity contribution is 5.86. The van der Waals surface area contributed by atoms with Gasteiger partial charge in [-0.2, -0.15) is 0 Å². The number of hydrogen-bond donors (Lipinski definition) is 6. The van der Waals surface area contributed by atoms with Gasteiger partial charge in [-0.1, -0.05) is 136 Å². The molecule has 46 heavy (non-hydrogen) atoms. The second-order valence-corrected chi connectivity index (χ2v) is 14.1. The van der Waals surface area contributed by atoms with E-state index in [1.807, 2.05) is 6.08 Å². The molecule has 0 spiro atoms. The first-order chi connectivity index (χ1) is 22.0. The van der Waals surface area contributed by atoms with E-state index in [2.05, 4.69) is 27.7 Å². The van der Waals surface area contributed by atoms with E-state index in [-0.39, 0.29) is 13.0 Å². The van der Waals surface area contributed by atoms with Crippen LogP contribution < -0.4 is 0 Å². The second kappa shape index (κ2) is 26.0. The zero-order valence-corrected chi connectivity index (χ0v) is 29.5. The van der Waals surface area contributed by atoms with Crippen molar-refractivity contribution in [1.82, 2.24) is 0 Å². The molecule has 1 fully saturated rings. The fourth-order valence-corrected chi connectivity index (χ4v) is 5.95. The minimum Gasteiger partial charge on any atom is -0.394 e. The topological polar surface area (TPSA) is 157 Å². The Balaban J connectivity index is 2.61. The van der Waals surface area contributed by atoms with Crippen LogP contribution in [0.15, 0.2) is 12.2 Å². The van der Waals surface area contributed by atoms with Crippen LogP contribution in [0.4, 0.5) is 0 Å². The molecular formula is C37H70O9. The van der Waals surface area contributed by atoms with Crippen molar-refractivity contribution >= 4 is 5.78 Å². The molecule has 0 amide bonds. The highest BCUT2D eigenvalue weighted by Gasteiger charge is 2.44. The van der Waals surface area contributed by atoms with Gasteiger partial charge in [-0.3, -0.25) is 4.79 Å². The standard InChI is InChI=1S/C37H70O9/c1-5-28(4)22-18-14-10-8-12-16-20-24-31(40)33(41)29(26-45-37-36(44)35(43)34(42)32(25-38)46-37)30(39)23-19-15-11-7-6-9-13-17-21-27(2)3/h19,23,27-32,34-40,42-44H,5-18,20-22,24-26H2,1-4H3/b23-19+/t28?,29-,30+,31+,32+,34-,35-,36+,37+/m0/s1. The van der Waals surface area contributed by atoms with Crippen molar-refractivity contribution < 1.29 is 44.9 Å². The van der Waals surface area contributed by atoms with Gasteiger partial charge in [0, 0.05) is 0 Å². The molecule has 0 aromatic carbocycles. The third kappa shape index (κ3) is 18.0. The molecule has 1 rings (SSSR count). The van der Waals surface area contributed by atoms with Crippen LogP contribution in [0.25, 0.3) is 0 Å². The maximum Gasteiger partial charge on any atom is 0.186 e. The number of ketones is 1. The van der Waals surface area contributed by atoms with E-state index < -0.39 is 61.2 Å². The predicted octanol–water partition coefficient (Wildman–Crippen LogP) is 5.60. The van der Waals surface area contributed by atoms with Crippen LogP contribution in [0, 0.1) is 17.8 Å². The van der Waals surface area contributed by atoms with E-state index in [1.54, 1.807) is 6.08 Å². The normalized spacial score (nSPS) is 24.8. The smallest absolute Gasteiger partial charge is 0.186 e. The lowest BCUT2D eigenvalue weighted by Crippen LogP contribution is -2.59. The van der Waals surface area contributed by atoms with E-state index in [9.17, 15) is 35.4 Å². The number of carbonyl (C=O) groups is 1. The lowest BCUT2D eigenvalue weighted by molar-refractivity contribution is -0.303. The molecule has 0 aliphatic carbocycles. The molecule has 9 nitrogen and oxygen atoms in total. The maximum absolute atomic E-state index is 13.3. The quantitative estimate of drug-likeness (QED) is 0.0465. The van der Waals surface area contributed by atoms with Crippen molar-refractivity contribution in [2.45, 2.75) is 186 Å². The molecule has 1 aliphatic rings. The molecule has 1 aliphatic heterocycles. The molecule has 9 atom stereocenters. The fraction of sp³-hybridized carbons (Fsp3) is 0.919. The summed E-state index contributed by atoms with van der Waals surface area (Å²) in [5.74, 6) is -0.128. The van der Waals surface area contributed by atoms with E-state index >= 15 is 0 Å². The Hall–Kier alpha value is -0.910. The van der Waals surface area contributed by atoms with Gasteiger partial charge in [0.1, 0.15) is 30.5 Å². The molecule has 0 saturated carbocycles. The number of allylic oxidation sites excluding steroid dienone is 1. The maximum atomic E-state index is 13.3. The van der Waals surface area contributed by atoms with Gasteiger partial charge >= 0.3 is 0 Å². The first-order valence-electron chi connectivity index (χ1n) is 18.5. The third-order valence-electron chi connectivity index (χ3n) is 9.50. The van der Waals surface area contributed by atoms with Crippen molar-refractivity contribution in [3.63, 3.8) is 0 Å². The molecule has 0 bridgehead atoms. The van der Waals surface area contributed by atoms with Crippen molar-refractivity contribution in [3.8, 4) is 0 Å². The number of unbranched alkanes of at least 4 members (excludes halogenated alkanes) is 12. The minimum absolute atomic E-state index is 0.289. The van der Waals surface area contributed by atoms with Gasteiger partial charge < -0.3 is 40.1 Å². The molecule has 6 N–H and O–H groups in total. The molecule has 9 heteroatoms. The van der Waals surface area contributed by atoms with E-state index in [0.717, 1.165) is 50.4 Å². The summed E-state index contributed by atoms with van der Waals surface area (Å²) in [6.45, 7) is 8.05. The van der Waals surface area contributed by atoms with Gasteiger partial charge in [-0.15, -0.1) is 0 Å². The Morgan fingerprint density at radius 1 is 0.761 bits per heavy atom. The van der Waals surface area contributed by atoms with Crippen LogP contribution in [0.5, 0.6) is 0 Å². The first kappa shape index (κ1) is 43.1. The summed E-state index contributed by atoms with van der Waals surface area (Å²) < 4.78 is 11.0. The van der Waals surface area contributed by atoms with Gasteiger partial charge in [0.25, 0.3) is 0 Å². The molecule has 272 valence electrons. The molecule has 0 aromatic heterocycles. The summed E-state index contributed by atoms with van der Waals surface area (Å²) in [4.78, 5) is 13.3. The number of aliphatic hydroxyl groups is 6. The van der Waals surface area contributed by atoms with Crippen molar-refractivity contribution in [2.75, 3.05) is 13.2 Å². The number of ether oxygens (including phenoxy) is 2. The Labute approximate surface area is 279 Å². The lowest BCUT2D eigenvalue weighted by atomic mass is 9.91. The summed E-state index contributed by atoms with van der Waals surface area (Å²) in [7, 11) is 0. The Morgan fingerprint density at radius 2 is 1.30 bits per heavy atom. The van der Waals surface area contributed by atoms with Crippen molar-refractivity contribution in [1.29, 1.82) is 0 Å². The van der Waals surface area contributed by atoms with Gasteiger partial charge in [0.15, 0.2) is 12.1 Å². The predicted molar refractivity (Wildman–Crippen MR) is 182 cm³/mol. The summed E-state index contributed by atoms with van der Waals surface area (Å²) in [5.41, 5.74) is 0. The van der Waals surface area contributed by atoms with E-state index in [0.29, 0.717) is 6.42 Å². The average Bonchev–Trinajstić information content (AvgIpc) is 3.04. The van der Waals surface area contributed by atoms with E-state index in [4.69, 9.17) is 9.47 Å². The van der Waals surface area contributed by atoms with E-state index in [1.165, 1.54) is 64.2 Å². The van der Waals surface area contributed by atoms with Crippen LogP contribution in [0.1, 0.15) is 143 Å². The Kier molecular flexibility index (Phi) is 24.4. The summed E-state index contributed by atoms with van der Waals surface area (Å²) in [5, 5.41) is 61.7. The van der Waals surface area contributed by atoms with Crippen molar-refractivity contribution in [2.24, 2.45) is 17.8 Å². The average molecular weight is 659 g/mol. The molecule has 1 unspecified atom stereocenters. The first-order valence-corrected chi connectivity index (χ1v) is 18.5. The molecule has 0 aromatic rings. The summed E-state index contributed by atoms with van der Waals surface area (Å²) >= 11 is 0. The van der Waals surface area contributed by atoms with Crippen molar-refractivity contribution in [3.05, 3.63) is 12.2 Å². The highest BCUT2D eigenvalue weighted by Crippen LogP contribution is 2.24. The van der Waals surface area contributed by atoms with Crippen LogP contribution >= 0.6 is 0 Å². The SMILES string of the molecule is CCC(C)CCCCCCCCC[C@@H](O)C(=O)[C@@H](CO[C@@H]1O[C@H](CO)[C@H](O)[C@H](O)[C@H]1O)[C@H](O)/C=C/CCCCCCCCC(C)C. The lowest BCUT2D eigenvalue weighted by Gasteiger charge is -2.40. The Morgan fingerprint density at radius 3 is 1.87 bits per heavy atom. The number of rotatable bonds is 28. The molecular weight excluding hydrogens is 588 g/mol. The zero-order chi connectivity index (χ0) is 34.3. The third-order valence-corrected chi connectivity index (χ3v) is 9.50. The number of carbonyl (C=O) groups excluding carboxylic acids is 1. The van der Waals surface area contributed by atoms with Gasteiger partial charge in [0.2, 0.25) is 0 Å². The van der Waals surface area contributed by atoms with Gasteiger partial charge in [-0.05, 0) is 31.1 Å². The number of hydrogen-bond acceptors (Lipinski definition) is 9. The van der Waals surface area contributed by atoms with Gasteiger partial charge in [0.05, 0.1) is 25.2 Å². The minimum atomic E-state index is -1.62. The number of aliphatic hydroxyl groups excluding tert-OH is 6. The summed E-state index contributed by atoms with van der Waals surface area (Å²) in [6, 6.07) is 0. The monoisotopic (exact) mass is 659 g/mol. The fourth-order valence-electron chi connectivity index (χ4n) is 5.95. The largest absolute Gasteiger partial charge is 0.394 e. The number of Topliss-reactive ketones (excluding diaryl/α,β-unsaturated/α-hetero) is 1. The van der Waals surface area contributed by atoms with Gasteiger partial charge in [-0.25, -0.2) is 0 Å². The molecule has 0 radical (unpaired) electrons. The molecule has 1 heterocycles. The highest BCUT2D eigenvalue weighted by atomic mass is 16.7. The van der Waals surface area contributed by atoms with Crippen LogP contribution in [0.2, 0.25) is 0 Å². The van der Waals surface area contributed by atoms with Crippen LogP contribution in [-0.4, -0.2) is 92.5 Å². The van der Waals surface area contributed by atoms with Crippen LogP contribution in [-0.2, 0) is 14.3 Å². The van der Waals surface area contributed by atoms with Crippen LogP contribution in [0.3, 0.4) is 0 Å². The molecule has 1 saturated heterocycles. The zero-order valence-electron chi connectivity index (χ0n) is 29.5.